The van der Waals surface area contributed by atoms with Crippen LogP contribution in [0.15, 0.2) is 11.3 Å². The SMILES string of the molecule is CC(=O)OC(C1CC(C)C2=C(CC3C4CCC5C(C)(C)C(O)CCC56C(C)C46CCC23C)O1)C(C)(C)O. The van der Waals surface area contributed by atoms with Crippen LogP contribution < -0.4 is 0 Å². The van der Waals surface area contributed by atoms with E-state index in [2.05, 4.69) is 34.6 Å². The average molecular weight is 515 g/mol. The molecule has 37 heavy (non-hydrogen) atoms. The number of ether oxygens (including phenoxy) is 2. The van der Waals surface area contributed by atoms with E-state index >= 15 is 0 Å². The van der Waals surface area contributed by atoms with Crippen LogP contribution >= 0.6 is 0 Å². The van der Waals surface area contributed by atoms with Gasteiger partial charge in [0.05, 0.1) is 17.5 Å². The van der Waals surface area contributed by atoms with Gasteiger partial charge in [-0.15, -0.1) is 0 Å². The van der Waals surface area contributed by atoms with Gasteiger partial charge in [0.15, 0.2) is 6.10 Å². The van der Waals surface area contributed by atoms with Gasteiger partial charge < -0.3 is 19.7 Å². The molecule has 208 valence electrons. The van der Waals surface area contributed by atoms with Crippen LogP contribution in [0.2, 0.25) is 0 Å². The van der Waals surface area contributed by atoms with Gasteiger partial charge in [-0.2, -0.15) is 0 Å². The van der Waals surface area contributed by atoms with Crippen molar-refractivity contribution in [1.82, 2.24) is 0 Å². The second kappa shape index (κ2) is 7.77. The zero-order chi connectivity index (χ0) is 26.9. The summed E-state index contributed by atoms with van der Waals surface area (Å²) in [5, 5.41) is 21.8. The number of esters is 1. The maximum Gasteiger partial charge on any atom is 0.303 e. The summed E-state index contributed by atoms with van der Waals surface area (Å²) in [4.78, 5) is 11.9. The van der Waals surface area contributed by atoms with Crippen molar-refractivity contribution >= 4 is 5.97 Å². The summed E-state index contributed by atoms with van der Waals surface area (Å²) in [7, 11) is 0. The van der Waals surface area contributed by atoms with Crippen LogP contribution in [-0.2, 0) is 14.3 Å². The van der Waals surface area contributed by atoms with E-state index < -0.39 is 11.7 Å². The van der Waals surface area contributed by atoms with Crippen molar-refractivity contribution < 1.29 is 24.5 Å². The summed E-state index contributed by atoms with van der Waals surface area (Å²) < 4.78 is 12.4. The Morgan fingerprint density at radius 3 is 2.41 bits per heavy atom. The highest BCUT2D eigenvalue weighted by Crippen LogP contribution is 2.89. The van der Waals surface area contributed by atoms with Gasteiger partial charge in [0.25, 0.3) is 0 Å². The van der Waals surface area contributed by atoms with Crippen LogP contribution in [0.25, 0.3) is 0 Å². The van der Waals surface area contributed by atoms with E-state index in [0.29, 0.717) is 34.5 Å². The molecule has 0 aromatic carbocycles. The molecule has 0 amide bonds. The van der Waals surface area contributed by atoms with Gasteiger partial charge in [-0.25, -0.2) is 0 Å². The first kappa shape index (κ1) is 26.2. The molecule has 6 aliphatic rings. The lowest BCUT2D eigenvalue weighted by Crippen LogP contribution is -2.54. The Hall–Kier alpha value is -1.07. The van der Waals surface area contributed by atoms with Crippen LogP contribution in [0.3, 0.4) is 0 Å². The highest BCUT2D eigenvalue weighted by atomic mass is 16.6. The number of hydrogen-bond acceptors (Lipinski definition) is 5. The molecule has 4 fully saturated rings. The second-order valence-corrected chi connectivity index (χ2v) is 15.5. The van der Waals surface area contributed by atoms with Crippen molar-refractivity contribution in [2.24, 2.45) is 51.2 Å². The number of carbonyl (C=O) groups is 1. The van der Waals surface area contributed by atoms with Gasteiger partial charge in [0, 0.05) is 13.3 Å². The summed E-state index contributed by atoms with van der Waals surface area (Å²) in [6, 6.07) is 0. The lowest BCUT2D eigenvalue weighted by molar-refractivity contribution is -0.178. The highest BCUT2D eigenvalue weighted by molar-refractivity contribution is 5.66. The van der Waals surface area contributed by atoms with Crippen molar-refractivity contribution in [2.45, 2.75) is 131 Å². The fraction of sp³-hybridized carbons (Fsp3) is 0.906. The zero-order valence-electron chi connectivity index (χ0n) is 24.4. The van der Waals surface area contributed by atoms with Crippen molar-refractivity contribution in [3.63, 3.8) is 0 Å². The van der Waals surface area contributed by atoms with E-state index in [0.717, 1.165) is 30.9 Å². The van der Waals surface area contributed by atoms with Gasteiger partial charge >= 0.3 is 5.97 Å². The average Bonchev–Trinajstić information content (AvgIpc) is 3.15. The predicted octanol–water partition coefficient (Wildman–Crippen LogP) is 6.02. The van der Waals surface area contributed by atoms with Gasteiger partial charge in [-0.05, 0) is 116 Å². The quantitative estimate of drug-likeness (QED) is 0.451. The molecule has 0 aromatic rings. The highest BCUT2D eigenvalue weighted by Gasteiger charge is 2.84. The molecule has 11 atom stereocenters. The Balaban J connectivity index is 1.31. The summed E-state index contributed by atoms with van der Waals surface area (Å²) in [5.41, 5.74) is 1.34. The predicted molar refractivity (Wildman–Crippen MR) is 142 cm³/mol. The van der Waals surface area contributed by atoms with E-state index in [1.807, 2.05) is 0 Å². The molecule has 0 radical (unpaired) electrons. The molecule has 5 nitrogen and oxygen atoms in total. The first-order valence-corrected chi connectivity index (χ1v) is 15.1. The van der Waals surface area contributed by atoms with E-state index in [1.165, 1.54) is 44.6 Å². The molecule has 4 saturated carbocycles. The largest absolute Gasteiger partial charge is 0.491 e. The van der Waals surface area contributed by atoms with Crippen molar-refractivity contribution in [2.75, 3.05) is 0 Å². The fourth-order valence-corrected chi connectivity index (χ4v) is 12.0. The number of carbonyl (C=O) groups excluding carboxylic acids is 1. The van der Waals surface area contributed by atoms with Crippen LogP contribution in [0.5, 0.6) is 0 Å². The lowest BCUT2D eigenvalue weighted by Gasteiger charge is -2.59. The molecule has 1 aliphatic heterocycles. The molecule has 5 heteroatoms. The Morgan fingerprint density at radius 1 is 1.05 bits per heavy atom. The van der Waals surface area contributed by atoms with Gasteiger partial charge in [0.1, 0.15) is 6.10 Å². The number of hydrogen-bond donors (Lipinski definition) is 2. The Bertz CT molecular complexity index is 1020. The Morgan fingerprint density at radius 2 is 1.76 bits per heavy atom. The smallest absolute Gasteiger partial charge is 0.303 e. The van der Waals surface area contributed by atoms with Crippen molar-refractivity contribution in [1.29, 1.82) is 0 Å². The molecule has 2 spiro atoms. The maximum absolute atomic E-state index is 11.9. The van der Waals surface area contributed by atoms with Gasteiger partial charge in [0.2, 0.25) is 0 Å². The molecule has 5 aliphatic carbocycles. The summed E-state index contributed by atoms with van der Waals surface area (Å²) >= 11 is 0. The van der Waals surface area contributed by atoms with E-state index in [1.54, 1.807) is 13.8 Å². The Kier molecular flexibility index (Phi) is 5.50. The molecule has 6 rings (SSSR count). The minimum Gasteiger partial charge on any atom is -0.491 e. The topological polar surface area (TPSA) is 76.0 Å². The van der Waals surface area contributed by atoms with Crippen molar-refractivity contribution in [3.05, 3.63) is 11.3 Å². The third kappa shape index (κ3) is 3.13. The third-order valence-corrected chi connectivity index (χ3v) is 13.3. The van der Waals surface area contributed by atoms with Crippen LogP contribution in [0, 0.1) is 51.2 Å². The number of fused-ring (bicyclic) bond motifs is 3. The van der Waals surface area contributed by atoms with E-state index in [-0.39, 0.29) is 29.0 Å². The monoisotopic (exact) mass is 514 g/mol. The van der Waals surface area contributed by atoms with Crippen LogP contribution in [0.1, 0.15) is 107 Å². The van der Waals surface area contributed by atoms with Crippen molar-refractivity contribution in [3.8, 4) is 0 Å². The molecule has 0 saturated heterocycles. The normalized spacial score (nSPS) is 50.5. The second-order valence-electron chi connectivity index (χ2n) is 15.5. The van der Waals surface area contributed by atoms with Crippen LogP contribution in [0.4, 0.5) is 0 Å². The Labute approximate surface area is 223 Å². The molecule has 0 aromatic heterocycles. The number of rotatable bonds is 3. The maximum atomic E-state index is 11.9. The number of aliphatic hydroxyl groups excluding tert-OH is 1. The molecule has 0 bridgehead atoms. The number of aliphatic hydroxyl groups is 2. The molecule has 2 N–H and O–H groups in total. The molecule has 11 unspecified atom stereocenters. The minimum absolute atomic E-state index is 0.00254. The number of allylic oxidation sites excluding steroid dienone is 2. The summed E-state index contributed by atoms with van der Waals surface area (Å²) in [6.07, 6.45) is 7.77. The van der Waals surface area contributed by atoms with Gasteiger partial charge in [-0.1, -0.05) is 34.6 Å². The standard InChI is InChI=1S/C32H50O5/c1-17-15-23(27(29(6,7)35)36-19(3)33)37-22-16-21-20-9-10-24-28(4,5)25(34)11-12-32(24)18(2)31(20,32)14-13-30(21,8)26(17)22/h17-18,20-21,23-25,27,34-35H,9-16H2,1-8H3. The molecular formula is C32H50O5. The van der Waals surface area contributed by atoms with E-state index in [4.69, 9.17) is 9.47 Å². The lowest BCUT2D eigenvalue weighted by atomic mass is 9.46. The third-order valence-electron chi connectivity index (χ3n) is 13.3. The first-order chi connectivity index (χ1) is 17.1. The fourth-order valence-electron chi connectivity index (χ4n) is 12.0. The first-order valence-electron chi connectivity index (χ1n) is 15.1. The zero-order valence-corrected chi connectivity index (χ0v) is 24.4. The van der Waals surface area contributed by atoms with Crippen LogP contribution in [-0.4, -0.2) is 40.1 Å². The summed E-state index contributed by atoms with van der Waals surface area (Å²) in [5.74, 6) is 3.78. The van der Waals surface area contributed by atoms with E-state index in [9.17, 15) is 15.0 Å². The van der Waals surface area contributed by atoms with Gasteiger partial charge in [-0.3, -0.25) is 4.79 Å². The molecular weight excluding hydrogens is 464 g/mol. The summed E-state index contributed by atoms with van der Waals surface area (Å²) in [6.45, 7) is 16.9. The minimum atomic E-state index is -1.17. The molecule has 1 heterocycles.